The molecule has 0 bridgehead atoms. The molecule has 1 aliphatic heterocycles. The van der Waals surface area contributed by atoms with E-state index >= 15 is 0 Å². The number of fused-ring (bicyclic) bond motifs is 1. The fourth-order valence-corrected chi connectivity index (χ4v) is 9.01. The molecule has 9 heteroatoms. The van der Waals surface area contributed by atoms with E-state index in [-0.39, 0.29) is 72.2 Å². The minimum atomic E-state index is -2.16. The molecule has 3 rings (SSSR count). The van der Waals surface area contributed by atoms with Gasteiger partial charge >= 0.3 is 0 Å². The van der Waals surface area contributed by atoms with Gasteiger partial charge in [-0.05, 0) is 79.2 Å². The van der Waals surface area contributed by atoms with E-state index in [2.05, 4.69) is 125 Å². The molecule has 0 spiro atoms. The van der Waals surface area contributed by atoms with Gasteiger partial charge < -0.3 is 33.0 Å². The number of hydrogen-bond donors (Lipinski definition) is 0. The number of anilines is 1. The Balaban J connectivity index is 1.88. The summed E-state index contributed by atoms with van der Waals surface area (Å²) < 4.78 is 37.1. The Hall–Kier alpha value is -3.21. The van der Waals surface area contributed by atoms with Gasteiger partial charge in [-0.15, -0.1) is 0 Å². The number of benzene rings is 2. The molecule has 0 unspecified atom stereocenters. The third-order valence-corrected chi connectivity index (χ3v) is 16.4. The topological polar surface area (TPSA) is 75.7 Å². The lowest BCUT2D eigenvalue weighted by atomic mass is 9.81. The Morgan fingerprint density at radius 3 is 2.19 bits per heavy atom. The van der Waals surface area contributed by atoms with Gasteiger partial charge in [0.1, 0.15) is 18.3 Å². The van der Waals surface area contributed by atoms with Crippen LogP contribution in [0.25, 0.3) is 6.08 Å². The predicted molar refractivity (Wildman–Crippen MR) is 238 cm³/mol. The zero-order chi connectivity index (χ0) is 42.5. The number of ether oxygens (including phenoxy) is 5. The summed E-state index contributed by atoms with van der Waals surface area (Å²) in [5, 5.41) is 0.0626. The van der Waals surface area contributed by atoms with E-state index in [9.17, 15) is 4.79 Å². The van der Waals surface area contributed by atoms with E-state index in [1.165, 1.54) is 5.57 Å². The Kier molecular flexibility index (Phi) is 18.8. The lowest BCUT2D eigenvalue weighted by Gasteiger charge is -2.45. The minimum absolute atomic E-state index is 0.0124. The normalized spacial score (nSPS) is 18.5. The maximum Gasteiger partial charge on any atom is 0.264 e. The Morgan fingerprint density at radius 2 is 1.58 bits per heavy atom. The largest absolute Gasteiger partial charge is 0.497 e. The molecular formula is C48H75NO7Si. The Morgan fingerprint density at radius 1 is 0.912 bits per heavy atom. The highest BCUT2D eigenvalue weighted by molar-refractivity contribution is 6.74. The van der Waals surface area contributed by atoms with Crippen LogP contribution in [0, 0.1) is 29.6 Å². The molecule has 57 heavy (non-hydrogen) atoms. The van der Waals surface area contributed by atoms with Crippen LogP contribution in [-0.2, 0) is 30.0 Å². The SMILES string of the molecule is CC/C=C\[C@H](C)[C@H](OCc1ccc(OC)cc1)[C@@H](C)[C@H](O[Si](C)(C)C(C)(C)C)[C@@H](C)C/C(C)=C\[C@H](C)[C@@H](OCOC)[C@@H](C)/C=C\c1ccc2c(c1)N(C)C(=O)CO2. The molecule has 1 heterocycles. The highest BCUT2D eigenvalue weighted by Gasteiger charge is 2.43. The van der Waals surface area contributed by atoms with Gasteiger partial charge in [-0.25, -0.2) is 0 Å². The van der Waals surface area contributed by atoms with E-state index in [4.69, 9.17) is 28.1 Å². The molecule has 0 aliphatic carbocycles. The molecule has 2 aromatic rings. The summed E-state index contributed by atoms with van der Waals surface area (Å²) in [7, 11) is 2.99. The summed E-state index contributed by atoms with van der Waals surface area (Å²) in [6.45, 7) is 28.3. The molecule has 1 aliphatic rings. The van der Waals surface area contributed by atoms with Crippen LogP contribution in [0.5, 0.6) is 11.5 Å². The van der Waals surface area contributed by atoms with Crippen molar-refractivity contribution in [2.75, 3.05) is 39.6 Å². The molecule has 0 fully saturated rings. The van der Waals surface area contributed by atoms with Crippen molar-refractivity contribution in [1.29, 1.82) is 0 Å². The summed E-state index contributed by atoms with van der Waals surface area (Å²) in [4.78, 5) is 13.9. The molecule has 1 amide bonds. The van der Waals surface area contributed by atoms with E-state index < -0.39 is 8.32 Å². The summed E-state index contributed by atoms with van der Waals surface area (Å²) in [6.07, 6.45) is 12.9. The van der Waals surface area contributed by atoms with Gasteiger partial charge in [-0.3, -0.25) is 4.79 Å². The van der Waals surface area contributed by atoms with Crippen molar-refractivity contribution in [3.63, 3.8) is 0 Å². The van der Waals surface area contributed by atoms with Gasteiger partial charge in [0.25, 0.3) is 5.91 Å². The monoisotopic (exact) mass is 806 g/mol. The van der Waals surface area contributed by atoms with Gasteiger partial charge in [0, 0.05) is 37.8 Å². The summed E-state index contributed by atoms with van der Waals surface area (Å²) in [6, 6.07) is 14.1. The lowest BCUT2D eigenvalue weighted by molar-refractivity contribution is -0.121. The highest BCUT2D eigenvalue weighted by Crippen LogP contribution is 2.41. The first-order valence-corrected chi connectivity index (χ1v) is 23.8. The second-order valence-electron chi connectivity index (χ2n) is 17.8. The summed E-state index contributed by atoms with van der Waals surface area (Å²) in [5.74, 6) is 2.28. The van der Waals surface area contributed by atoms with Crippen LogP contribution in [0.3, 0.4) is 0 Å². The standard InChI is InChI=1S/C48H75NO7Si/c1-16-17-18-34(3)46(54-30-40-21-24-41(52-13)25-22-40)38(7)47(56-57(14,15)48(8,9)10)37(6)28-33(2)27-36(5)45(55-32-51-12)35(4)19-20-39-23-26-43-42(29-39)49(11)44(50)31-53-43/h17-27,29,34-38,45-47H,16,28,30-32H2,1-15H3/b18-17-,20-19-,33-27-/t34-,35-,36-,37-,38+,45-,46-,47+/m0/s1. The molecule has 0 N–H and O–H groups in total. The van der Waals surface area contributed by atoms with Crippen molar-refractivity contribution in [1.82, 2.24) is 0 Å². The second-order valence-corrected chi connectivity index (χ2v) is 22.6. The number of rotatable bonds is 22. The summed E-state index contributed by atoms with van der Waals surface area (Å²) in [5.41, 5.74) is 4.21. The van der Waals surface area contributed by atoms with Crippen LogP contribution >= 0.6 is 0 Å². The first kappa shape index (κ1) is 48.2. The maximum atomic E-state index is 12.2. The van der Waals surface area contributed by atoms with Crippen LogP contribution in [0.15, 0.2) is 72.3 Å². The molecule has 0 saturated carbocycles. The number of likely N-dealkylation sites (N-methyl/N-ethyl adjacent to an activating group) is 1. The smallest absolute Gasteiger partial charge is 0.264 e. The van der Waals surface area contributed by atoms with Crippen molar-refractivity contribution in [3.05, 3.63) is 83.5 Å². The minimum Gasteiger partial charge on any atom is -0.497 e. The van der Waals surface area contributed by atoms with E-state index in [1.807, 2.05) is 30.3 Å². The number of carbonyl (C=O) groups is 1. The molecule has 0 saturated heterocycles. The van der Waals surface area contributed by atoms with Crippen molar-refractivity contribution in [3.8, 4) is 11.5 Å². The zero-order valence-corrected chi connectivity index (χ0v) is 38.9. The quantitative estimate of drug-likeness (QED) is 0.0666. The number of nitrogens with zero attached hydrogens (tertiary/aromatic N) is 1. The molecule has 2 aromatic carbocycles. The lowest BCUT2D eigenvalue weighted by Crippen LogP contribution is -2.50. The van der Waals surface area contributed by atoms with Gasteiger partial charge in [0.15, 0.2) is 14.9 Å². The van der Waals surface area contributed by atoms with E-state index in [0.717, 1.165) is 41.2 Å². The molecule has 0 radical (unpaired) electrons. The van der Waals surface area contributed by atoms with Gasteiger partial charge in [-0.1, -0.05) is 116 Å². The van der Waals surface area contributed by atoms with Crippen LogP contribution in [0.1, 0.15) is 93.2 Å². The number of carbonyl (C=O) groups excluding carboxylic acids is 1. The average Bonchev–Trinajstić information content (AvgIpc) is 3.16. The molecule has 8 atom stereocenters. The Labute approximate surface area is 347 Å². The maximum absolute atomic E-state index is 12.2. The third-order valence-electron chi connectivity index (χ3n) is 11.9. The van der Waals surface area contributed by atoms with Crippen LogP contribution < -0.4 is 14.4 Å². The van der Waals surface area contributed by atoms with Crippen LogP contribution in [0.2, 0.25) is 18.1 Å². The number of methoxy groups -OCH3 is 2. The fourth-order valence-electron chi connectivity index (χ4n) is 7.53. The first-order chi connectivity index (χ1) is 26.8. The van der Waals surface area contributed by atoms with Crippen LogP contribution in [0.4, 0.5) is 5.69 Å². The zero-order valence-electron chi connectivity index (χ0n) is 37.9. The number of hydrogen-bond acceptors (Lipinski definition) is 7. The van der Waals surface area contributed by atoms with E-state index in [1.54, 1.807) is 26.2 Å². The van der Waals surface area contributed by atoms with Crippen molar-refractivity contribution < 1.29 is 32.9 Å². The molecule has 318 valence electrons. The van der Waals surface area contributed by atoms with Crippen molar-refractivity contribution in [2.24, 2.45) is 29.6 Å². The predicted octanol–water partition coefficient (Wildman–Crippen LogP) is 11.5. The first-order valence-electron chi connectivity index (χ1n) is 20.9. The average molecular weight is 806 g/mol. The Bertz CT molecular complexity index is 1630. The summed E-state index contributed by atoms with van der Waals surface area (Å²) >= 11 is 0. The number of amides is 1. The van der Waals surface area contributed by atoms with Crippen LogP contribution in [-0.4, -0.2) is 67.2 Å². The molecular weight excluding hydrogens is 731 g/mol. The number of allylic oxidation sites excluding steroid dienone is 2. The highest BCUT2D eigenvalue weighted by atomic mass is 28.4. The molecule has 8 nitrogen and oxygen atoms in total. The van der Waals surface area contributed by atoms with Gasteiger partial charge in [-0.2, -0.15) is 0 Å². The van der Waals surface area contributed by atoms with Gasteiger partial charge in [0.05, 0.1) is 37.7 Å². The van der Waals surface area contributed by atoms with Crippen molar-refractivity contribution >= 4 is 26.0 Å². The second kappa shape index (κ2) is 22.2. The van der Waals surface area contributed by atoms with Crippen molar-refractivity contribution in [2.45, 2.75) is 125 Å². The fraction of sp³-hybridized carbons (Fsp3) is 0.604. The van der Waals surface area contributed by atoms with Gasteiger partial charge in [0.2, 0.25) is 0 Å². The third kappa shape index (κ3) is 14.0. The van der Waals surface area contributed by atoms with E-state index in [0.29, 0.717) is 6.61 Å². The molecule has 0 aromatic heterocycles.